The molecule has 0 aliphatic carbocycles. The van der Waals surface area contributed by atoms with Gasteiger partial charge >= 0.3 is 10.2 Å². The Hall–Kier alpha value is -2.91. The minimum absolute atomic E-state index is 0.267. The van der Waals surface area contributed by atoms with Crippen molar-refractivity contribution in [2.45, 2.75) is 33.2 Å². The summed E-state index contributed by atoms with van der Waals surface area (Å²) in [5.74, 6) is -0.447. The van der Waals surface area contributed by atoms with Crippen molar-refractivity contribution in [3.8, 4) is 0 Å². The summed E-state index contributed by atoms with van der Waals surface area (Å²) in [6.07, 6.45) is 0.542. The lowest BCUT2D eigenvalue weighted by Gasteiger charge is -2.33. The fourth-order valence-electron chi connectivity index (χ4n) is 3.33. The highest BCUT2D eigenvalue weighted by atomic mass is 32.2. The Morgan fingerprint density at radius 1 is 0.912 bits per heavy atom. The van der Waals surface area contributed by atoms with Gasteiger partial charge in [0.1, 0.15) is 12.6 Å². The Morgan fingerprint density at radius 2 is 1.47 bits per heavy atom. The maximum Gasteiger partial charge on any atom is 0.304 e. The summed E-state index contributed by atoms with van der Waals surface area (Å²) < 4.78 is 28.2. The van der Waals surface area contributed by atoms with E-state index in [0.717, 1.165) is 14.2 Å². The van der Waals surface area contributed by atoms with E-state index in [1.165, 1.54) is 19.0 Å². The van der Waals surface area contributed by atoms with E-state index in [2.05, 4.69) is 5.32 Å². The zero-order valence-corrected chi connectivity index (χ0v) is 21.5. The minimum atomic E-state index is -3.94. The number of carbonyl (C=O) groups is 2. The highest BCUT2D eigenvalue weighted by Gasteiger charge is 2.32. The van der Waals surface area contributed by atoms with Crippen LogP contribution in [0.5, 0.6) is 0 Å². The number of benzene rings is 2. The number of para-hydroxylation sites is 1. The van der Waals surface area contributed by atoms with Gasteiger partial charge in [-0.05, 0) is 37.0 Å². The second-order valence-electron chi connectivity index (χ2n) is 8.77. The highest BCUT2D eigenvalue weighted by molar-refractivity contribution is 7.90. The van der Waals surface area contributed by atoms with Gasteiger partial charge in [0.25, 0.3) is 0 Å². The standard InChI is InChI=1S/C25H36N4O4S/c1-20(2)18-26-25(31)21(3)28(17-16-22-12-8-6-9-13-22)24(30)19-29(34(32,33)27(4)5)23-14-10-7-11-15-23/h6-15,20-21H,16-19H2,1-5H3,(H,26,31). The van der Waals surface area contributed by atoms with Crippen molar-refractivity contribution in [2.75, 3.05) is 38.0 Å². The van der Waals surface area contributed by atoms with Gasteiger partial charge < -0.3 is 10.2 Å². The SMILES string of the molecule is CC(C)CNC(=O)C(C)N(CCc1ccccc1)C(=O)CN(c1ccccc1)S(=O)(=O)N(C)C. The van der Waals surface area contributed by atoms with Gasteiger partial charge in [-0.3, -0.25) is 9.59 Å². The van der Waals surface area contributed by atoms with E-state index in [0.29, 0.717) is 18.7 Å². The molecule has 0 saturated carbocycles. The van der Waals surface area contributed by atoms with E-state index in [4.69, 9.17) is 0 Å². The molecule has 1 unspecified atom stereocenters. The van der Waals surface area contributed by atoms with Gasteiger partial charge in [-0.2, -0.15) is 12.7 Å². The summed E-state index contributed by atoms with van der Waals surface area (Å²) in [4.78, 5) is 27.8. The average molecular weight is 489 g/mol. The van der Waals surface area contributed by atoms with E-state index in [-0.39, 0.29) is 18.4 Å². The Bertz CT molecular complexity index is 1030. The predicted octanol–water partition coefficient (Wildman–Crippen LogP) is 2.53. The summed E-state index contributed by atoms with van der Waals surface area (Å²) in [7, 11) is -1.09. The molecule has 0 saturated heterocycles. The van der Waals surface area contributed by atoms with Gasteiger partial charge in [0.2, 0.25) is 11.8 Å². The monoisotopic (exact) mass is 488 g/mol. The first-order chi connectivity index (χ1) is 16.0. The van der Waals surface area contributed by atoms with Gasteiger partial charge in [0.05, 0.1) is 5.69 Å². The van der Waals surface area contributed by atoms with Crippen LogP contribution in [0.3, 0.4) is 0 Å². The van der Waals surface area contributed by atoms with E-state index in [1.54, 1.807) is 37.3 Å². The second-order valence-corrected chi connectivity index (χ2v) is 10.8. The van der Waals surface area contributed by atoms with Crippen LogP contribution in [0.25, 0.3) is 0 Å². The van der Waals surface area contributed by atoms with Crippen LogP contribution in [0.4, 0.5) is 5.69 Å². The lowest BCUT2D eigenvalue weighted by atomic mass is 10.1. The molecule has 0 bridgehead atoms. The quantitative estimate of drug-likeness (QED) is 0.497. The largest absolute Gasteiger partial charge is 0.354 e. The molecule has 1 atom stereocenters. The number of amides is 2. The molecule has 34 heavy (non-hydrogen) atoms. The van der Waals surface area contributed by atoms with E-state index in [9.17, 15) is 18.0 Å². The van der Waals surface area contributed by atoms with Crippen LogP contribution in [-0.2, 0) is 26.2 Å². The molecule has 0 spiro atoms. The Balaban J connectivity index is 2.32. The maximum absolute atomic E-state index is 13.5. The smallest absolute Gasteiger partial charge is 0.304 e. The number of anilines is 1. The molecule has 8 nitrogen and oxygen atoms in total. The summed E-state index contributed by atoms with van der Waals surface area (Å²) in [5, 5.41) is 2.88. The van der Waals surface area contributed by atoms with E-state index < -0.39 is 28.7 Å². The molecule has 2 aromatic rings. The van der Waals surface area contributed by atoms with E-state index in [1.807, 2.05) is 44.2 Å². The van der Waals surface area contributed by atoms with Gasteiger partial charge in [0.15, 0.2) is 0 Å². The Morgan fingerprint density at radius 3 is 2.00 bits per heavy atom. The topological polar surface area (TPSA) is 90.0 Å². The van der Waals surface area contributed by atoms with Crippen molar-refractivity contribution < 1.29 is 18.0 Å². The number of rotatable bonds is 12. The first-order valence-electron chi connectivity index (χ1n) is 11.4. The van der Waals surface area contributed by atoms with Crippen molar-refractivity contribution in [2.24, 2.45) is 5.92 Å². The zero-order valence-electron chi connectivity index (χ0n) is 20.6. The molecule has 0 heterocycles. The van der Waals surface area contributed by atoms with Crippen LogP contribution in [-0.4, -0.2) is 69.2 Å². The molecule has 0 fully saturated rings. The molecule has 2 amide bonds. The summed E-state index contributed by atoms with van der Waals surface area (Å²) in [6, 6.07) is 17.4. The summed E-state index contributed by atoms with van der Waals surface area (Å²) >= 11 is 0. The van der Waals surface area contributed by atoms with E-state index >= 15 is 0 Å². The first kappa shape index (κ1) is 27.3. The summed E-state index contributed by atoms with van der Waals surface area (Å²) in [6.45, 7) is 6.02. The molecule has 1 N–H and O–H groups in total. The predicted molar refractivity (Wildman–Crippen MR) is 136 cm³/mol. The van der Waals surface area contributed by atoms with Crippen LogP contribution >= 0.6 is 0 Å². The lowest BCUT2D eigenvalue weighted by molar-refractivity contribution is -0.138. The second kappa shape index (κ2) is 12.5. The third-order valence-corrected chi connectivity index (χ3v) is 7.22. The first-order valence-corrected chi connectivity index (χ1v) is 12.8. The van der Waals surface area contributed by atoms with Crippen molar-refractivity contribution in [3.05, 3.63) is 66.2 Å². The van der Waals surface area contributed by atoms with Crippen LogP contribution in [0.15, 0.2) is 60.7 Å². The summed E-state index contributed by atoms with van der Waals surface area (Å²) in [5.41, 5.74) is 1.40. The maximum atomic E-state index is 13.5. The molecule has 0 aliphatic rings. The van der Waals surface area contributed by atoms with Gasteiger partial charge in [-0.25, -0.2) is 4.31 Å². The molecule has 2 aromatic carbocycles. The molecule has 0 aliphatic heterocycles. The Labute approximate surface area is 203 Å². The third-order valence-electron chi connectivity index (χ3n) is 5.40. The Kier molecular flexibility index (Phi) is 10.1. The average Bonchev–Trinajstić information content (AvgIpc) is 2.81. The lowest BCUT2D eigenvalue weighted by Crippen LogP contribution is -2.53. The number of hydrogen-bond donors (Lipinski definition) is 1. The van der Waals surface area contributed by atoms with Gasteiger partial charge in [-0.15, -0.1) is 0 Å². The molecule has 2 rings (SSSR count). The number of nitrogens with one attached hydrogen (secondary N) is 1. The normalized spacial score (nSPS) is 12.4. The van der Waals surface area contributed by atoms with Gasteiger partial charge in [0, 0.05) is 27.2 Å². The third kappa shape index (κ3) is 7.56. The van der Waals surface area contributed by atoms with Crippen LogP contribution < -0.4 is 9.62 Å². The fourth-order valence-corrected chi connectivity index (χ4v) is 4.39. The van der Waals surface area contributed by atoms with Crippen molar-refractivity contribution in [1.29, 1.82) is 0 Å². The molecular weight excluding hydrogens is 452 g/mol. The molecule has 186 valence electrons. The van der Waals surface area contributed by atoms with Crippen LogP contribution in [0.1, 0.15) is 26.3 Å². The number of nitrogens with zero attached hydrogens (tertiary/aromatic N) is 3. The molecular formula is C25H36N4O4S. The number of carbonyl (C=O) groups excluding carboxylic acids is 2. The molecule has 9 heteroatoms. The van der Waals surface area contributed by atoms with Crippen molar-refractivity contribution in [3.63, 3.8) is 0 Å². The van der Waals surface area contributed by atoms with Crippen LogP contribution in [0.2, 0.25) is 0 Å². The molecule has 0 aromatic heterocycles. The van der Waals surface area contributed by atoms with Crippen LogP contribution in [0, 0.1) is 5.92 Å². The van der Waals surface area contributed by atoms with Crippen molar-refractivity contribution in [1.82, 2.24) is 14.5 Å². The highest BCUT2D eigenvalue weighted by Crippen LogP contribution is 2.20. The van der Waals surface area contributed by atoms with Gasteiger partial charge in [-0.1, -0.05) is 62.4 Å². The zero-order chi connectivity index (χ0) is 25.3. The fraction of sp³-hybridized carbons (Fsp3) is 0.440. The number of hydrogen-bond acceptors (Lipinski definition) is 4. The van der Waals surface area contributed by atoms with Crippen molar-refractivity contribution >= 4 is 27.7 Å². The minimum Gasteiger partial charge on any atom is -0.354 e. The molecule has 0 radical (unpaired) electrons.